The predicted octanol–water partition coefficient (Wildman–Crippen LogP) is 1.92. The Labute approximate surface area is 144 Å². The number of rotatable bonds is 3. The van der Waals surface area contributed by atoms with Crippen LogP contribution in [0.1, 0.15) is 5.56 Å². The lowest BCUT2D eigenvalue weighted by Gasteiger charge is -2.34. The summed E-state index contributed by atoms with van der Waals surface area (Å²) < 4.78 is 0. The van der Waals surface area contributed by atoms with Crippen molar-refractivity contribution in [2.75, 3.05) is 39.3 Å². The summed E-state index contributed by atoms with van der Waals surface area (Å²) in [6.45, 7) is 4.30. The summed E-state index contributed by atoms with van der Waals surface area (Å²) in [5.74, 6) is -0.183. The van der Waals surface area contributed by atoms with Crippen molar-refractivity contribution in [3.05, 3.63) is 39.8 Å². The second-order valence-corrected chi connectivity index (χ2v) is 6.86. The Hall–Kier alpha value is -1.34. The molecule has 0 unspecified atom stereocenters. The van der Waals surface area contributed by atoms with Crippen LogP contribution in [0.4, 0.5) is 0 Å². The maximum Gasteiger partial charge on any atom is 0.286 e. The third kappa shape index (κ3) is 4.14. The zero-order valence-electron chi connectivity index (χ0n) is 12.6. The normalized spacial score (nSPS) is 21.1. The summed E-state index contributed by atoms with van der Waals surface area (Å²) in [5.41, 5.74) is 0.939. The molecule has 2 heterocycles. The molecule has 7 heteroatoms. The van der Waals surface area contributed by atoms with Crippen LogP contribution in [0.5, 0.6) is 0 Å². The smallest absolute Gasteiger partial charge is 0.286 e. The fourth-order valence-corrected chi connectivity index (χ4v) is 3.64. The van der Waals surface area contributed by atoms with Crippen LogP contribution in [0.3, 0.4) is 0 Å². The van der Waals surface area contributed by atoms with Crippen molar-refractivity contribution in [2.24, 2.45) is 4.99 Å². The minimum Gasteiger partial charge on any atom is -0.395 e. The molecular weight excluding hydrogens is 334 g/mol. The van der Waals surface area contributed by atoms with Crippen LogP contribution in [0.25, 0.3) is 6.08 Å². The van der Waals surface area contributed by atoms with Gasteiger partial charge in [-0.1, -0.05) is 23.7 Å². The lowest BCUT2D eigenvalue weighted by atomic mass is 10.2. The lowest BCUT2D eigenvalue weighted by molar-refractivity contribution is -0.113. The van der Waals surface area contributed by atoms with Gasteiger partial charge in [0.05, 0.1) is 11.5 Å². The van der Waals surface area contributed by atoms with E-state index >= 15 is 0 Å². The number of aliphatic hydroxyl groups is 1. The van der Waals surface area contributed by atoms with Crippen LogP contribution >= 0.6 is 23.4 Å². The fraction of sp³-hybridized carbons (Fsp3) is 0.375. The Balaban J connectivity index is 1.63. The van der Waals surface area contributed by atoms with Crippen LogP contribution in [-0.2, 0) is 4.79 Å². The van der Waals surface area contributed by atoms with Crippen molar-refractivity contribution in [3.63, 3.8) is 0 Å². The van der Waals surface area contributed by atoms with Crippen LogP contribution in [0.2, 0.25) is 5.02 Å². The van der Waals surface area contributed by atoms with Gasteiger partial charge in [-0.25, -0.2) is 0 Å². The van der Waals surface area contributed by atoms with E-state index in [1.54, 1.807) is 12.1 Å². The van der Waals surface area contributed by atoms with Crippen molar-refractivity contribution in [1.29, 1.82) is 0 Å². The fourth-order valence-electron chi connectivity index (χ4n) is 2.55. The minimum absolute atomic E-state index is 0.183. The number of aliphatic imine (C=N–C) groups is 1. The highest BCUT2D eigenvalue weighted by Crippen LogP contribution is 2.30. The molecule has 0 aliphatic carbocycles. The van der Waals surface area contributed by atoms with E-state index in [2.05, 4.69) is 14.8 Å². The van der Waals surface area contributed by atoms with E-state index in [0.29, 0.717) is 16.5 Å². The quantitative estimate of drug-likeness (QED) is 0.843. The molecule has 1 aromatic rings. The number of benzene rings is 1. The number of hydrogen-bond donors (Lipinski definition) is 1. The van der Waals surface area contributed by atoms with E-state index in [1.807, 2.05) is 18.2 Å². The number of thioether (sulfide) groups is 1. The summed E-state index contributed by atoms with van der Waals surface area (Å²) in [5, 5.41) is 10.4. The van der Waals surface area contributed by atoms with Crippen molar-refractivity contribution < 1.29 is 9.90 Å². The molecule has 5 nitrogen and oxygen atoms in total. The maximum absolute atomic E-state index is 12.1. The Kier molecular flexibility index (Phi) is 5.38. The number of hydrogen-bond acceptors (Lipinski definition) is 5. The number of β-amino-alcohol motifs (C(OH)–C–C–N with tert-alkyl or cyclic N) is 1. The Morgan fingerprint density at radius 1 is 1.22 bits per heavy atom. The molecule has 0 aromatic heterocycles. The molecule has 1 saturated heterocycles. The van der Waals surface area contributed by atoms with Gasteiger partial charge in [0.2, 0.25) is 0 Å². The van der Waals surface area contributed by atoms with Gasteiger partial charge < -0.3 is 10.0 Å². The molecule has 0 bridgehead atoms. The number of piperazine rings is 1. The monoisotopic (exact) mass is 351 g/mol. The summed E-state index contributed by atoms with van der Waals surface area (Å²) in [4.78, 5) is 21.3. The lowest BCUT2D eigenvalue weighted by Crippen LogP contribution is -2.48. The SMILES string of the molecule is O=C1N=C(N2CCN(CCO)CC2)SC1=Cc1ccc(Cl)cc1. The van der Waals surface area contributed by atoms with Crippen LogP contribution in [0, 0.1) is 0 Å². The number of carbonyl (C=O) groups excluding carboxylic acids is 1. The highest BCUT2D eigenvalue weighted by Gasteiger charge is 2.28. The topological polar surface area (TPSA) is 56.1 Å². The number of halogens is 1. The molecule has 0 radical (unpaired) electrons. The number of amides is 1. The molecule has 3 rings (SSSR count). The van der Waals surface area contributed by atoms with Crippen molar-refractivity contribution >= 4 is 40.5 Å². The number of amidine groups is 1. The maximum atomic E-state index is 12.1. The minimum atomic E-state index is -0.183. The first kappa shape index (κ1) is 16.5. The Morgan fingerprint density at radius 3 is 2.57 bits per heavy atom. The third-order valence-electron chi connectivity index (χ3n) is 3.84. The van der Waals surface area contributed by atoms with E-state index in [4.69, 9.17) is 16.7 Å². The average Bonchev–Trinajstić information content (AvgIpc) is 2.92. The molecule has 0 atom stereocenters. The van der Waals surface area contributed by atoms with Gasteiger partial charge in [0, 0.05) is 37.7 Å². The summed E-state index contributed by atoms with van der Waals surface area (Å²) in [7, 11) is 0. The zero-order valence-corrected chi connectivity index (χ0v) is 14.2. The molecule has 2 aliphatic heterocycles. The van der Waals surface area contributed by atoms with Crippen molar-refractivity contribution in [2.45, 2.75) is 0 Å². The van der Waals surface area contributed by atoms with Gasteiger partial charge in [0.25, 0.3) is 5.91 Å². The van der Waals surface area contributed by atoms with Crippen LogP contribution in [-0.4, -0.2) is 65.3 Å². The van der Waals surface area contributed by atoms with Gasteiger partial charge in [-0.3, -0.25) is 9.69 Å². The highest BCUT2D eigenvalue weighted by atomic mass is 35.5. The Bertz CT molecular complexity index is 637. The van der Waals surface area contributed by atoms with E-state index in [1.165, 1.54) is 11.8 Å². The van der Waals surface area contributed by atoms with Gasteiger partial charge in [0.1, 0.15) is 0 Å². The van der Waals surface area contributed by atoms with Gasteiger partial charge in [0.15, 0.2) is 5.17 Å². The first-order valence-corrected chi connectivity index (χ1v) is 8.71. The Morgan fingerprint density at radius 2 is 1.91 bits per heavy atom. The van der Waals surface area contributed by atoms with Gasteiger partial charge >= 0.3 is 0 Å². The second-order valence-electron chi connectivity index (χ2n) is 5.41. The van der Waals surface area contributed by atoms with Crippen LogP contribution in [0.15, 0.2) is 34.2 Å². The van der Waals surface area contributed by atoms with Gasteiger partial charge in [-0.15, -0.1) is 0 Å². The van der Waals surface area contributed by atoms with Crippen molar-refractivity contribution in [3.8, 4) is 0 Å². The standard InChI is InChI=1S/C16H18ClN3O2S/c17-13-3-1-12(2-4-13)11-14-15(22)18-16(23-14)20-7-5-19(6-8-20)9-10-21/h1-4,11,21H,5-10H2. The molecule has 1 aromatic carbocycles. The average molecular weight is 352 g/mol. The molecule has 122 valence electrons. The van der Waals surface area contributed by atoms with E-state index in [9.17, 15) is 4.79 Å². The number of nitrogens with zero attached hydrogens (tertiary/aromatic N) is 3. The first-order valence-electron chi connectivity index (χ1n) is 7.52. The number of aliphatic hydroxyl groups excluding tert-OH is 1. The van der Waals surface area contributed by atoms with Gasteiger partial charge in [-0.2, -0.15) is 4.99 Å². The predicted molar refractivity (Wildman–Crippen MR) is 94.6 cm³/mol. The number of carbonyl (C=O) groups is 1. The molecule has 23 heavy (non-hydrogen) atoms. The molecule has 0 saturated carbocycles. The molecular formula is C16H18ClN3O2S. The van der Waals surface area contributed by atoms with Gasteiger partial charge in [-0.05, 0) is 35.5 Å². The van der Waals surface area contributed by atoms with Crippen molar-refractivity contribution in [1.82, 2.24) is 9.80 Å². The van der Waals surface area contributed by atoms with E-state index in [-0.39, 0.29) is 12.5 Å². The zero-order chi connectivity index (χ0) is 16.2. The molecule has 2 aliphatic rings. The molecule has 1 N–H and O–H groups in total. The van der Waals surface area contributed by atoms with Crippen LogP contribution < -0.4 is 0 Å². The van der Waals surface area contributed by atoms with E-state index < -0.39 is 0 Å². The summed E-state index contributed by atoms with van der Waals surface area (Å²) >= 11 is 7.30. The highest BCUT2D eigenvalue weighted by molar-refractivity contribution is 8.18. The second kappa shape index (κ2) is 7.49. The first-order chi connectivity index (χ1) is 11.2. The summed E-state index contributed by atoms with van der Waals surface area (Å²) in [6.07, 6.45) is 1.85. The summed E-state index contributed by atoms with van der Waals surface area (Å²) in [6, 6.07) is 7.38. The molecule has 1 fully saturated rings. The molecule has 1 amide bonds. The third-order valence-corrected chi connectivity index (χ3v) is 5.13. The largest absolute Gasteiger partial charge is 0.395 e. The molecule has 0 spiro atoms. The van der Waals surface area contributed by atoms with E-state index in [0.717, 1.165) is 36.9 Å².